The van der Waals surface area contributed by atoms with Crippen molar-refractivity contribution in [3.05, 3.63) is 0 Å². The molecular weight excluding hydrogens is 163 g/mol. The molecule has 0 amide bonds. The van der Waals surface area contributed by atoms with Crippen LogP contribution < -0.4 is 0 Å². The van der Waals surface area contributed by atoms with Gasteiger partial charge in [0.05, 0.1) is 0 Å². The van der Waals surface area contributed by atoms with Crippen molar-refractivity contribution in [2.24, 2.45) is 16.7 Å². The van der Waals surface area contributed by atoms with Gasteiger partial charge in [0.25, 0.3) is 0 Å². The van der Waals surface area contributed by atoms with Gasteiger partial charge >= 0.3 is 0 Å². The minimum Gasteiger partial charge on any atom is -0.244 e. The maximum absolute atomic E-state index is 14.4. The Hall–Kier alpha value is -0.0700. The van der Waals surface area contributed by atoms with Crippen LogP contribution in [0.15, 0.2) is 0 Å². The lowest BCUT2D eigenvalue weighted by Gasteiger charge is -2.62. The molecule has 4 bridgehead atoms. The lowest BCUT2D eigenvalue weighted by Crippen LogP contribution is -2.56. The van der Waals surface area contributed by atoms with Crippen LogP contribution in [0.5, 0.6) is 0 Å². The van der Waals surface area contributed by atoms with Crippen LogP contribution in [0.1, 0.15) is 52.4 Å². The summed E-state index contributed by atoms with van der Waals surface area (Å²) in [5.41, 5.74) is -0.0747. The van der Waals surface area contributed by atoms with Crippen molar-refractivity contribution in [2.45, 2.75) is 58.0 Å². The summed E-state index contributed by atoms with van der Waals surface area (Å²) in [6, 6.07) is 0. The third-order valence-electron chi connectivity index (χ3n) is 4.56. The van der Waals surface area contributed by atoms with Gasteiger partial charge in [-0.25, -0.2) is 4.39 Å². The number of alkyl halides is 1. The van der Waals surface area contributed by atoms with Crippen LogP contribution in [0.3, 0.4) is 0 Å². The predicted molar refractivity (Wildman–Crippen MR) is 51.2 cm³/mol. The highest BCUT2D eigenvalue weighted by molar-refractivity contribution is 5.11. The zero-order chi connectivity index (χ0) is 9.32. The Morgan fingerprint density at radius 3 is 1.85 bits per heavy atom. The molecule has 0 nitrogen and oxygen atoms in total. The van der Waals surface area contributed by atoms with Gasteiger partial charge in [-0.2, -0.15) is 0 Å². The Labute approximate surface area is 79.9 Å². The van der Waals surface area contributed by atoms with Gasteiger partial charge in [0.2, 0.25) is 0 Å². The second-order valence-electron chi connectivity index (χ2n) is 6.78. The SMILES string of the molecule is C[C@]12CC3CC(F)(C1)C[C@@](C)(C3)C2. The normalized spacial score (nSPS) is 64.4. The van der Waals surface area contributed by atoms with Crippen molar-refractivity contribution < 1.29 is 4.39 Å². The zero-order valence-corrected chi connectivity index (χ0v) is 8.70. The van der Waals surface area contributed by atoms with Crippen LogP contribution >= 0.6 is 0 Å². The van der Waals surface area contributed by atoms with E-state index in [1.165, 1.54) is 19.3 Å². The Morgan fingerprint density at radius 2 is 1.46 bits per heavy atom. The smallest absolute Gasteiger partial charge is 0.112 e. The van der Waals surface area contributed by atoms with Crippen LogP contribution in [-0.2, 0) is 0 Å². The molecular formula is C12H19F. The predicted octanol–water partition coefficient (Wildman–Crippen LogP) is 3.70. The Balaban J connectivity index is 2.03. The van der Waals surface area contributed by atoms with E-state index in [0.29, 0.717) is 16.7 Å². The van der Waals surface area contributed by atoms with E-state index in [0.717, 1.165) is 19.3 Å². The van der Waals surface area contributed by atoms with E-state index >= 15 is 0 Å². The standard InChI is InChI=1S/C12H19F/c1-10-3-9-4-11(2,6-10)8-12(13,5-9)7-10/h9H,3-8H2,1-2H3/t9?,10-,11+,12?. The van der Waals surface area contributed by atoms with E-state index in [9.17, 15) is 4.39 Å². The highest BCUT2D eigenvalue weighted by Crippen LogP contribution is 2.67. The van der Waals surface area contributed by atoms with Crippen molar-refractivity contribution in [1.29, 1.82) is 0 Å². The highest BCUT2D eigenvalue weighted by Gasteiger charge is 2.60. The molecule has 4 saturated carbocycles. The molecule has 0 saturated heterocycles. The molecule has 0 aromatic carbocycles. The topological polar surface area (TPSA) is 0 Å². The Kier molecular flexibility index (Phi) is 1.25. The van der Waals surface area contributed by atoms with Crippen molar-refractivity contribution in [3.63, 3.8) is 0 Å². The second kappa shape index (κ2) is 1.97. The molecule has 4 aliphatic rings. The molecule has 0 spiro atoms. The van der Waals surface area contributed by atoms with Gasteiger partial charge in [-0.3, -0.25) is 0 Å². The van der Waals surface area contributed by atoms with Gasteiger partial charge in [-0.15, -0.1) is 0 Å². The first kappa shape index (κ1) is 8.26. The fourth-order valence-corrected chi connectivity index (χ4v) is 5.31. The Bertz CT molecular complexity index is 207. The fraction of sp³-hybridized carbons (Fsp3) is 1.00. The van der Waals surface area contributed by atoms with Gasteiger partial charge in [-0.05, 0) is 55.3 Å². The molecule has 4 fully saturated rings. The van der Waals surface area contributed by atoms with Crippen molar-refractivity contribution in [3.8, 4) is 0 Å². The molecule has 13 heavy (non-hydrogen) atoms. The molecule has 0 N–H and O–H groups in total. The van der Waals surface area contributed by atoms with Crippen LogP contribution in [0.4, 0.5) is 4.39 Å². The summed E-state index contributed by atoms with van der Waals surface area (Å²) < 4.78 is 14.4. The quantitative estimate of drug-likeness (QED) is 0.536. The number of rotatable bonds is 0. The zero-order valence-electron chi connectivity index (χ0n) is 8.70. The van der Waals surface area contributed by atoms with Gasteiger partial charge in [0.15, 0.2) is 0 Å². The van der Waals surface area contributed by atoms with Crippen LogP contribution in [0, 0.1) is 16.7 Å². The van der Waals surface area contributed by atoms with Crippen molar-refractivity contribution in [1.82, 2.24) is 0 Å². The van der Waals surface area contributed by atoms with E-state index in [2.05, 4.69) is 13.8 Å². The molecule has 0 aliphatic heterocycles. The molecule has 1 heteroatoms. The second-order valence-corrected chi connectivity index (χ2v) is 6.78. The fourth-order valence-electron chi connectivity index (χ4n) is 5.31. The van der Waals surface area contributed by atoms with E-state index in [4.69, 9.17) is 0 Å². The summed E-state index contributed by atoms with van der Waals surface area (Å²) >= 11 is 0. The van der Waals surface area contributed by atoms with E-state index in [1.54, 1.807) is 0 Å². The van der Waals surface area contributed by atoms with E-state index < -0.39 is 5.67 Å². The first-order chi connectivity index (χ1) is 5.91. The molecule has 4 rings (SSSR count). The Morgan fingerprint density at radius 1 is 0.923 bits per heavy atom. The highest BCUT2D eigenvalue weighted by atomic mass is 19.1. The number of hydrogen-bond acceptors (Lipinski definition) is 0. The molecule has 4 atom stereocenters. The minimum absolute atomic E-state index is 0.350. The summed E-state index contributed by atoms with van der Waals surface area (Å²) in [5.74, 6) is 0.705. The maximum atomic E-state index is 14.4. The molecule has 2 unspecified atom stereocenters. The van der Waals surface area contributed by atoms with Gasteiger partial charge < -0.3 is 0 Å². The monoisotopic (exact) mass is 182 g/mol. The number of hydrogen-bond donors (Lipinski definition) is 0. The molecule has 0 aromatic rings. The van der Waals surface area contributed by atoms with Crippen molar-refractivity contribution >= 4 is 0 Å². The third kappa shape index (κ3) is 1.08. The molecule has 74 valence electrons. The van der Waals surface area contributed by atoms with E-state index in [1.807, 2.05) is 0 Å². The average Bonchev–Trinajstić information content (AvgIpc) is 1.71. The van der Waals surface area contributed by atoms with Gasteiger partial charge in [0, 0.05) is 0 Å². The van der Waals surface area contributed by atoms with Gasteiger partial charge in [-0.1, -0.05) is 13.8 Å². The molecule has 0 radical (unpaired) electrons. The van der Waals surface area contributed by atoms with Crippen molar-refractivity contribution in [2.75, 3.05) is 0 Å². The summed E-state index contributed by atoms with van der Waals surface area (Å²) in [6.07, 6.45) is 6.46. The summed E-state index contributed by atoms with van der Waals surface area (Å²) in [5, 5.41) is 0. The number of halogens is 1. The lowest BCUT2D eigenvalue weighted by molar-refractivity contribution is -0.154. The average molecular weight is 182 g/mol. The third-order valence-corrected chi connectivity index (χ3v) is 4.56. The van der Waals surface area contributed by atoms with Crippen LogP contribution in [0.25, 0.3) is 0 Å². The van der Waals surface area contributed by atoms with Gasteiger partial charge in [0.1, 0.15) is 5.67 Å². The van der Waals surface area contributed by atoms with Crippen LogP contribution in [0.2, 0.25) is 0 Å². The largest absolute Gasteiger partial charge is 0.244 e. The maximum Gasteiger partial charge on any atom is 0.112 e. The van der Waals surface area contributed by atoms with Crippen LogP contribution in [-0.4, -0.2) is 5.67 Å². The minimum atomic E-state index is -0.775. The summed E-state index contributed by atoms with van der Waals surface area (Å²) in [7, 11) is 0. The molecule has 0 aromatic heterocycles. The molecule has 4 aliphatic carbocycles. The first-order valence-electron chi connectivity index (χ1n) is 5.60. The molecule has 0 heterocycles. The first-order valence-corrected chi connectivity index (χ1v) is 5.60. The summed E-state index contributed by atoms with van der Waals surface area (Å²) in [4.78, 5) is 0. The lowest BCUT2D eigenvalue weighted by atomic mass is 9.44. The summed E-state index contributed by atoms with van der Waals surface area (Å²) in [6.45, 7) is 4.62. The van der Waals surface area contributed by atoms with E-state index in [-0.39, 0.29) is 0 Å².